The average molecular weight is 377 g/mol. The van der Waals surface area contributed by atoms with E-state index < -0.39 is 5.91 Å². The minimum Gasteiger partial charge on any atom is -0.365 e. The normalized spacial score (nSPS) is 10.6. The monoisotopic (exact) mass is 377 g/mol. The van der Waals surface area contributed by atoms with Crippen LogP contribution in [0.5, 0.6) is 0 Å². The van der Waals surface area contributed by atoms with Gasteiger partial charge in [0, 0.05) is 29.4 Å². The number of unbranched alkanes of at least 4 members (excludes halogenated alkanes) is 1. The average Bonchev–Trinajstić information content (AvgIpc) is 2.71. The van der Waals surface area contributed by atoms with Gasteiger partial charge in [-0.05, 0) is 49.7 Å². The van der Waals surface area contributed by atoms with E-state index in [1.165, 1.54) is 6.20 Å². The van der Waals surface area contributed by atoms with Crippen LogP contribution in [-0.2, 0) is 0 Å². The number of carbonyl (C=O) groups is 2. The predicted molar refractivity (Wildman–Crippen MR) is 111 cm³/mol. The second-order valence-corrected chi connectivity index (χ2v) is 6.38. The molecule has 28 heavy (non-hydrogen) atoms. The maximum atomic E-state index is 12.2. The summed E-state index contributed by atoms with van der Waals surface area (Å²) in [6, 6.07) is 14.5. The van der Waals surface area contributed by atoms with Gasteiger partial charge in [-0.1, -0.05) is 18.2 Å². The first-order chi connectivity index (χ1) is 13.6. The molecule has 1 aromatic heterocycles. The number of primary amides is 1. The van der Waals surface area contributed by atoms with Crippen LogP contribution in [0.2, 0.25) is 0 Å². The number of carbonyl (C=O) groups excluding carboxylic acids is 2. The van der Waals surface area contributed by atoms with Gasteiger partial charge in [-0.15, -0.1) is 0 Å². The van der Waals surface area contributed by atoms with Gasteiger partial charge in [0.15, 0.2) is 0 Å². The number of anilines is 2. The van der Waals surface area contributed by atoms with E-state index in [2.05, 4.69) is 15.6 Å². The molecule has 0 unspecified atom stereocenters. The van der Waals surface area contributed by atoms with E-state index in [4.69, 9.17) is 11.5 Å². The third-order valence-electron chi connectivity index (χ3n) is 4.37. The van der Waals surface area contributed by atoms with E-state index in [1.807, 2.05) is 24.3 Å². The van der Waals surface area contributed by atoms with Gasteiger partial charge >= 0.3 is 0 Å². The van der Waals surface area contributed by atoms with Crippen LogP contribution in [-0.4, -0.2) is 29.9 Å². The van der Waals surface area contributed by atoms with Crippen LogP contribution in [0.25, 0.3) is 10.9 Å². The highest BCUT2D eigenvalue weighted by Crippen LogP contribution is 2.29. The SMILES string of the molecule is NCCCCNC(=O)c1ccc(Nc2c(C(N)=O)cnc3ccccc23)cc1. The van der Waals surface area contributed by atoms with Crippen molar-refractivity contribution in [1.82, 2.24) is 10.3 Å². The summed E-state index contributed by atoms with van der Waals surface area (Å²) < 4.78 is 0. The number of fused-ring (bicyclic) bond motifs is 1. The first-order valence-corrected chi connectivity index (χ1v) is 9.13. The lowest BCUT2D eigenvalue weighted by atomic mass is 10.1. The van der Waals surface area contributed by atoms with Crippen molar-refractivity contribution in [3.05, 3.63) is 65.9 Å². The molecule has 0 bridgehead atoms. The third-order valence-corrected chi connectivity index (χ3v) is 4.37. The second kappa shape index (κ2) is 8.96. The van der Waals surface area contributed by atoms with Crippen molar-refractivity contribution < 1.29 is 9.59 Å². The summed E-state index contributed by atoms with van der Waals surface area (Å²) in [5.41, 5.74) is 13.9. The number of amides is 2. The fraction of sp³-hybridized carbons (Fsp3) is 0.190. The van der Waals surface area contributed by atoms with Crippen LogP contribution in [0.3, 0.4) is 0 Å². The smallest absolute Gasteiger partial charge is 0.252 e. The number of pyridine rings is 1. The Morgan fingerprint density at radius 2 is 1.75 bits per heavy atom. The lowest BCUT2D eigenvalue weighted by Crippen LogP contribution is -2.24. The zero-order valence-electron chi connectivity index (χ0n) is 15.4. The summed E-state index contributed by atoms with van der Waals surface area (Å²) in [5, 5.41) is 6.90. The van der Waals surface area contributed by atoms with E-state index in [-0.39, 0.29) is 5.91 Å². The Bertz CT molecular complexity index is 986. The highest BCUT2D eigenvalue weighted by Gasteiger charge is 2.13. The molecular formula is C21H23N5O2. The number of aromatic nitrogens is 1. The molecule has 7 heteroatoms. The quantitative estimate of drug-likeness (QED) is 0.449. The van der Waals surface area contributed by atoms with E-state index in [1.54, 1.807) is 24.3 Å². The lowest BCUT2D eigenvalue weighted by Gasteiger charge is -2.13. The molecule has 2 amide bonds. The number of rotatable bonds is 8. The topological polar surface area (TPSA) is 123 Å². The molecule has 144 valence electrons. The summed E-state index contributed by atoms with van der Waals surface area (Å²) in [6.45, 7) is 1.22. The van der Waals surface area contributed by atoms with Gasteiger partial charge in [0.05, 0.1) is 16.8 Å². The molecule has 0 saturated heterocycles. The molecule has 0 fully saturated rings. The van der Waals surface area contributed by atoms with Gasteiger partial charge < -0.3 is 22.1 Å². The minimum atomic E-state index is -0.561. The molecule has 0 aliphatic heterocycles. The molecule has 3 rings (SSSR count). The van der Waals surface area contributed by atoms with E-state index in [9.17, 15) is 9.59 Å². The molecule has 3 aromatic rings. The Hall–Kier alpha value is -3.45. The summed E-state index contributed by atoms with van der Waals surface area (Å²) in [5.74, 6) is -0.690. The standard InChI is InChI=1S/C21H23N5O2/c22-11-3-4-12-24-21(28)14-7-9-15(10-8-14)26-19-16-5-1-2-6-18(16)25-13-17(19)20(23)27/h1-2,5-10,13H,3-4,11-12,22H2,(H2,23,27)(H,24,28)(H,25,26). The zero-order chi connectivity index (χ0) is 19.9. The summed E-state index contributed by atoms with van der Waals surface area (Å²) in [6.07, 6.45) is 3.20. The maximum absolute atomic E-state index is 12.2. The fourth-order valence-electron chi connectivity index (χ4n) is 2.89. The van der Waals surface area contributed by atoms with Crippen molar-refractivity contribution in [3.63, 3.8) is 0 Å². The number of para-hydroxylation sites is 1. The number of nitrogens with one attached hydrogen (secondary N) is 2. The molecule has 2 aromatic carbocycles. The van der Waals surface area contributed by atoms with Crippen molar-refractivity contribution >= 4 is 34.1 Å². The van der Waals surface area contributed by atoms with Crippen LogP contribution < -0.4 is 22.1 Å². The van der Waals surface area contributed by atoms with Gasteiger partial charge in [-0.25, -0.2) is 0 Å². The summed E-state index contributed by atoms with van der Waals surface area (Å²) in [7, 11) is 0. The Morgan fingerprint density at radius 1 is 1.00 bits per heavy atom. The molecule has 0 saturated carbocycles. The first-order valence-electron chi connectivity index (χ1n) is 9.13. The van der Waals surface area contributed by atoms with E-state index in [0.717, 1.165) is 29.4 Å². The molecule has 0 aliphatic rings. The number of nitrogens with zero attached hydrogens (tertiary/aromatic N) is 1. The van der Waals surface area contributed by atoms with Gasteiger partial charge in [0.2, 0.25) is 0 Å². The Kier molecular flexibility index (Phi) is 6.18. The van der Waals surface area contributed by atoms with Crippen LogP contribution in [0.15, 0.2) is 54.7 Å². The Morgan fingerprint density at radius 3 is 2.46 bits per heavy atom. The molecule has 1 heterocycles. The van der Waals surface area contributed by atoms with Crippen LogP contribution >= 0.6 is 0 Å². The highest BCUT2D eigenvalue weighted by molar-refractivity contribution is 6.07. The van der Waals surface area contributed by atoms with E-state index >= 15 is 0 Å². The number of nitrogens with two attached hydrogens (primary N) is 2. The number of benzene rings is 2. The highest BCUT2D eigenvalue weighted by atomic mass is 16.2. The summed E-state index contributed by atoms with van der Waals surface area (Å²) >= 11 is 0. The van der Waals surface area contributed by atoms with Crippen LogP contribution in [0, 0.1) is 0 Å². The zero-order valence-corrected chi connectivity index (χ0v) is 15.4. The van der Waals surface area contributed by atoms with Crippen molar-refractivity contribution in [2.24, 2.45) is 11.5 Å². The molecular weight excluding hydrogens is 354 g/mol. The van der Waals surface area contributed by atoms with Crippen molar-refractivity contribution in [1.29, 1.82) is 0 Å². The molecule has 0 atom stereocenters. The Labute approximate surface area is 163 Å². The lowest BCUT2D eigenvalue weighted by molar-refractivity contribution is 0.0951. The third kappa shape index (κ3) is 4.44. The molecule has 7 nitrogen and oxygen atoms in total. The first kappa shape index (κ1) is 19.3. The molecule has 0 aliphatic carbocycles. The number of hydrogen-bond donors (Lipinski definition) is 4. The van der Waals surface area contributed by atoms with Gasteiger partial charge in [0.25, 0.3) is 11.8 Å². The minimum absolute atomic E-state index is 0.129. The fourth-order valence-corrected chi connectivity index (χ4v) is 2.89. The van der Waals surface area contributed by atoms with Gasteiger partial charge in [-0.3, -0.25) is 14.6 Å². The van der Waals surface area contributed by atoms with Crippen LogP contribution in [0.1, 0.15) is 33.6 Å². The second-order valence-electron chi connectivity index (χ2n) is 6.38. The molecule has 0 radical (unpaired) electrons. The summed E-state index contributed by atoms with van der Waals surface area (Å²) in [4.78, 5) is 28.3. The van der Waals surface area contributed by atoms with Crippen molar-refractivity contribution in [3.8, 4) is 0 Å². The Balaban J connectivity index is 1.80. The largest absolute Gasteiger partial charge is 0.365 e. The molecule has 0 spiro atoms. The van der Waals surface area contributed by atoms with Gasteiger partial charge in [0.1, 0.15) is 0 Å². The molecule has 6 N–H and O–H groups in total. The van der Waals surface area contributed by atoms with Crippen molar-refractivity contribution in [2.45, 2.75) is 12.8 Å². The van der Waals surface area contributed by atoms with Crippen molar-refractivity contribution in [2.75, 3.05) is 18.4 Å². The van der Waals surface area contributed by atoms with Crippen LogP contribution in [0.4, 0.5) is 11.4 Å². The predicted octanol–water partition coefficient (Wildman–Crippen LogP) is 2.55. The number of hydrogen-bond acceptors (Lipinski definition) is 5. The van der Waals surface area contributed by atoms with E-state index in [0.29, 0.717) is 29.9 Å². The van der Waals surface area contributed by atoms with Gasteiger partial charge in [-0.2, -0.15) is 0 Å². The maximum Gasteiger partial charge on any atom is 0.252 e.